The first-order chi connectivity index (χ1) is 6.92. The van der Waals surface area contributed by atoms with E-state index in [9.17, 15) is 13.6 Å². The molecule has 6 heteroatoms. The number of halogens is 2. The topological polar surface area (TPSA) is 72.5 Å². The van der Waals surface area contributed by atoms with Gasteiger partial charge in [-0.05, 0) is 19.3 Å². The second-order valence-electron chi connectivity index (χ2n) is 3.38. The number of carboxylic acid groups (broad SMARTS) is 1. The van der Waals surface area contributed by atoms with Crippen LogP contribution in [0.3, 0.4) is 0 Å². The van der Waals surface area contributed by atoms with Gasteiger partial charge in [-0.15, -0.1) is 0 Å². The third kappa shape index (κ3) is 5.64. The lowest BCUT2D eigenvalue weighted by Crippen LogP contribution is -2.47. The average Bonchev–Trinajstić information content (AvgIpc) is 2.16. The van der Waals surface area contributed by atoms with Gasteiger partial charge in [-0.2, -0.15) is 0 Å². The molecule has 4 nitrogen and oxygen atoms in total. The summed E-state index contributed by atoms with van der Waals surface area (Å²) in [5.41, 5.74) is 4.31. The molecule has 0 aliphatic rings. The third-order valence-corrected chi connectivity index (χ3v) is 2.21. The van der Waals surface area contributed by atoms with Crippen LogP contribution in [-0.4, -0.2) is 36.3 Å². The Hall–Kier alpha value is -0.750. The van der Waals surface area contributed by atoms with Gasteiger partial charge in [-0.25, -0.2) is 8.78 Å². The molecule has 0 amide bonds. The summed E-state index contributed by atoms with van der Waals surface area (Å²) in [4.78, 5) is 10.7. The molecular weight excluding hydrogens is 208 g/mol. The van der Waals surface area contributed by atoms with Gasteiger partial charge in [0.15, 0.2) is 0 Å². The summed E-state index contributed by atoms with van der Waals surface area (Å²) in [6.07, 6.45) is -1.60. The SMILES string of the molecule is CCC(N)(CCCOCC(F)F)C(=O)O. The molecule has 0 rings (SSSR count). The highest BCUT2D eigenvalue weighted by Crippen LogP contribution is 2.14. The van der Waals surface area contributed by atoms with E-state index >= 15 is 0 Å². The van der Waals surface area contributed by atoms with Gasteiger partial charge in [0.2, 0.25) is 0 Å². The molecule has 90 valence electrons. The summed E-state index contributed by atoms with van der Waals surface area (Å²) in [6.45, 7) is 1.17. The normalized spacial score (nSPS) is 15.3. The minimum atomic E-state index is -2.49. The summed E-state index contributed by atoms with van der Waals surface area (Å²) < 4.78 is 27.9. The molecule has 0 aromatic carbocycles. The third-order valence-electron chi connectivity index (χ3n) is 2.21. The summed E-state index contributed by atoms with van der Waals surface area (Å²) in [5, 5.41) is 8.79. The molecule has 0 spiro atoms. The van der Waals surface area contributed by atoms with Gasteiger partial charge in [-0.1, -0.05) is 6.92 Å². The van der Waals surface area contributed by atoms with Crippen LogP contribution in [0.5, 0.6) is 0 Å². The van der Waals surface area contributed by atoms with Crippen molar-refractivity contribution in [2.75, 3.05) is 13.2 Å². The van der Waals surface area contributed by atoms with Crippen molar-refractivity contribution in [3.05, 3.63) is 0 Å². The van der Waals surface area contributed by atoms with Gasteiger partial charge >= 0.3 is 5.97 Å². The molecule has 1 atom stereocenters. The zero-order chi connectivity index (χ0) is 11.9. The van der Waals surface area contributed by atoms with E-state index in [1.807, 2.05) is 0 Å². The average molecular weight is 225 g/mol. The zero-order valence-electron chi connectivity index (χ0n) is 8.71. The van der Waals surface area contributed by atoms with Crippen molar-refractivity contribution >= 4 is 5.97 Å². The highest BCUT2D eigenvalue weighted by molar-refractivity contribution is 5.78. The van der Waals surface area contributed by atoms with Crippen LogP contribution in [0.1, 0.15) is 26.2 Å². The highest BCUT2D eigenvalue weighted by atomic mass is 19.3. The smallest absolute Gasteiger partial charge is 0.323 e. The predicted octanol–water partition coefficient (Wildman–Crippen LogP) is 1.24. The first kappa shape index (κ1) is 14.2. The van der Waals surface area contributed by atoms with Crippen LogP contribution in [0.2, 0.25) is 0 Å². The van der Waals surface area contributed by atoms with Crippen LogP contribution >= 0.6 is 0 Å². The molecule has 15 heavy (non-hydrogen) atoms. The maximum absolute atomic E-state index is 11.6. The summed E-state index contributed by atoms with van der Waals surface area (Å²) in [5.74, 6) is -1.07. The number of aliphatic carboxylic acids is 1. The van der Waals surface area contributed by atoms with Crippen molar-refractivity contribution in [2.24, 2.45) is 5.73 Å². The Balaban J connectivity index is 3.69. The number of rotatable bonds is 8. The van der Waals surface area contributed by atoms with Crippen LogP contribution in [0.15, 0.2) is 0 Å². The number of alkyl halides is 2. The Kier molecular flexibility index (Phi) is 6.35. The predicted molar refractivity (Wildman–Crippen MR) is 50.9 cm³/mol. The molecule has 3 N–H and O–H groups in total. The fraction of sp³-hybridized carbons (Fsp3) is 0.889. The number of hydrogen-bond donors (Lipinski definition) is 2. The largest absolute Gasteiger partial charge is 0.480 e. The van der Waals surface area contributed by atoms with Gasteiger partial charge in [0.05, 0.1) is 0 Å². The van der Waals surface area contributed by atoms with E-state index in [0.717, 1.165) is 0 Å². The van der Waals surface area contributed by atoms with Gasteiger partial charge in [0.25, 0.3) is 6.43 Å². The number of carboxylic acids is 1. The highest BCUT2D eigenvalue weighted by Gasteiger charge is 2.30. The monoisotopic (exact) mass is 225 g/mol. The van der Waals surface area contributed by atoms with E-state index in [-0.39, 0.29) is 13.0 Å². The molecule has 1 unspecified atom stereocenters. The van der Waals surface area contributed by atoms with E-state index < -0.39 is 24.5 Å². The van der Waals surface area contributed by atoms with Crippen molar-refractivity contribution in [3.63, 3.8) is 0 Å². The van der Waals surface area contributed by atoms with Gasteiger partial charge < -0.3 is 15.6 Å². The number of hydrogen-bond acceptors (Lipinski definition) is 3. The van der Waals surface area contributed by atoms with E-state index in [0.29, 0.717) is 12.8 Å². The number of nitrogens with two attached hydrogens (primary N) is 1. The molecule has 0 saturated carbocycles. The van der Waals surface area contributed by atoms with Crippen molar-refractivity contribution in [1.82, 2.24) is 0 Å². The van der Waals surface area contributed by atoms with Crippen LogP contribution in [0.25, 0.3) is 0 Å². The maximum Gasteiger partial charge on any atom is 0.323 e. The Bertz CT molecular complexity index is 202. The molecule has 0 aromatic rings. The second-order valence-corrected chi connectivity index (χ2v) is 3.38. The number of carbonyl (C=O) groups is 1. The molecule has 0 bridgehead atoms. The Morgan fingerprint density at radius 2 is 2.20 bits per heavy atom. The van der Waals surface area contributed by atoms with E-state index in [4.69, 9.17) is 10.8 Å². The minimum Gasteiger partial charge on any atom is -0.480 e. The van der Waals surface area contributed by atoms with E-state index in [1.54, 1.807) is 6.92 Å². The van der Waals surface area contributed by atoms with Gasteiger partial charge in [0, 0.05) is 6.61 Å². The lowest BCUT2D eigenvalue weighted by molar-refractivity contribution is -0.143. The summed E-state index contributed by atoms with van der Waals surface area (Å²) in [7, 11) is 0. The molecule has 0 aliphatic heterocycles. The Labute approximate surface area is 87.4 Å². The summed E-state index contributed by atoms with van der Waals surface area (Å²) >= 11 is 0. The molecule has 0 radical (unpaired) electrons. The first-order valence-corrected chi connectivity index (χ1v) is 4.80. The standard InChI is InChI=1S/C9H17F2NO3/c1-2-9(12,8(13)14)4-3-5-15-6-7(10)11/h7H,2-6,12H2,1H3,(H,13,14). The van der Waals surface area contributed by atoms with Crippen LogP contribution < -0.4 is 5.73 Å². The van der Waals surface area contributed by atoms with Gasteiger partial charge in [-0.3, -0.25) is 4.79 Å². The van der Waals surface area contributed by atoms with Crippen LogP contribution in [0.4, 0.5) is 8.78 Å². The zero-order valence-corrected chi connectivity index (χ0v) is 8.71. The molecule has 0 aromatic heterocycles. The van der Waals surface area contributed by atoms with Gasteiger partial charge in [0.1, 0.15) is 12.1 Å². The fourth-order valence-corrected chi connectivity index (χ4v) is 1.10. The molecule has 0 aliphatic carbocycles. The molecular formula is C9H17F2NO3. The van der Waals surface area contributed by atoms with E-state index in [2.05, 4.69) is 4.74 Å². The quantitative estimate of drug-likeness (QED) is 0.609. The first-order valence-electron chi connectivity index (χ1n) is 4.80. The molecule has 0 heterocycles. The fourth-order valence-electron chi connectivity index (χ4n) is 1.10. The molecule has 0 fully saturated rings. The van der Waals surface area contributed by atoms with Crippen LogP contribution in [0, 0.1) is 0 Å². The van der Waals surface area contributed by atoms with Crippen molar-refractivity contribution in [2.45, 2.75) is 38.2 Å². The van der Waals surface area contributed by atoms with Crippen molar-refractivity contribution < 1.29 is 23.4 Å². The Morgan fingerprint density at radius 3 is 2.60 bits per heavy atom. The lowest BCUT2D eigenvalue weighted by atomic mass is 9.92. The molecule has 0 saturated heterocycles. The Morgan fingerprint density at radius 1 is 1.60 bits per heavy atom. The maximum atomic E-state index is 11.6. The van der Waals surface area contributed by atoms with Crippen LogP contribution in [-0.2, 0) is 9.53 Å². The lowest BCUT2D eigenvalue weighted by Gasteiger charge is -2.22. The van der Waals surface area contributed by atoms with Crippen molar-refractivity contribution in [3.8, 4) is 0 Å². The van der Waals surface area contributed by atoms with Crippen molar-refractivity contribution in [1.29, 1.82) is 0 Å². The summed E-state index contributed by atoms with van der Waals surface area (Å²) in [6, 6.07) is 0. The minimum absolute atomic E-state index is 0.108. The van der Waals surface area contributed by atoms with E-state index in [1.165, 1.54) is 0 Å². The second kappa shape index (κ2) is 6.68. The number of ether oxygens (including phenoxy) is 1.